The Morgan fingerprint density at radius 2 is 1.77 bits per heavy atom. The van der Waals surface area contributed by atoms with Crippen LogP contribution in [0.1, 0.15) is 27.7 Å². The van der Waals surface area contributed by atoms with Gasteiger partial charge in [0, 0.05) is 23.0 Å². The highest BCUT2D eigenvalue weighted by atomic mass is 35.5. The third-order valence-corrected chi connectivity index (χ3v) is 7.14. The van der Waals surface area contributed by atoms with Gasteiger partial charge in [0.1, 0.15) is 5.82 Å². The molecule has 0 aliphatic carbocycles. The van der Waals surface area contributed by atoms with E-state index in [-0.39, 0.29) is 17.9 Å². The molecule has 194 valence electrons. The van der Waals surface area contributed by atoms with Crippen LogP contribution in [0.2, 0.25) is 5.02 Å². The monoisotopic (exact) mass is 541 g/mol. The normalized spacial score (nSPS) is 15.5. The lowest BCUT2D eigenvalue weighted by molar-refractivity contribution is -0.130. The van der Waals surface area contributed by atoms with E-state index in [0.29, 0.717) is 32.9 Å². The van der Waals surface area contributed by atoms with Gasteiger partial charge in [-0.05, 0) is 46.2 Å². The van der Waals surface area contributed by atoms with Crippen molar-refractivity contribution in [2.45, 2.75) is 12.6 Å². The molecule has 1 atom stereocenters. The summed E-state index contributed by atoms with van der Waals surface area (Å²) in [5.41, 5.74) is 1.51. The van der Waals surface area contributed by atoms with Gasteiger partial charge in [-0.25, -0.2) is 4.39 Å². The molecule has 1 unspecified atom stereocenters. The number of halogens is 2. The lowest BCUT2D eigenvalue weighted by atomic mass is 9.91. The van der Waals surface area contributed by atoms with Gasteiger partial charge in [-0.15, -0.1) is 0 Å². The Morgan fingerprint density at radius 1 is 1.03 bits per heavy atom. The van der Waals surface area contributed by atoms with Crippen molar-refractivity contribution in [3.8, 4) is 5.75 Å². The molecule has 6 nitrogen and oxygen atoms in total. The molecule has 1 aromatic heterocycles. The molecule has 5 aromatic rings. The predicted octanol–water partition coefficient (Wildman–Crippen LogP) is 7.17. The van der Waals surface area contributed by atoms with E-state index in [1.165, 1.54) is 30.2 Å². The van der Waals surface area contributed by atoms with Gasteiger partial charge < -0.3 is 19.2 Å². The number of Topliss-reactive ketones (excluding diaryl/α,β-unsaturated/α-hetero) is 1. The summed E-state index contributed by atoms with van der Waals surface area (Å²) in [6.07, 6.45) is 0. The number of nitrogens with zero attached hydrogens (tertiary/aromatic N) is 1. The number of carbonyl (C=O) groups is 2. The Kier molecular flexibility index (Phi) is 6.08. The summed E-state index contributed by atoms with van der Waals surface area (Å²) in [6.45, 7) is 0.0391. The molecule has 4 aromatic carbocycles. The highest BCUT2D eigenvalue weighted by Gasteiger charge is 2.45. The molecule has 8 heteroatoms. The minimum atomic E-state index is -0.931. The summed E-state index contributed by atoms with van der Waals surface area (Å²) < 4.78 is 24.8. The van der Waals surface area contributed by atoms with Crippen LogP contribution >= 0.6 is 11.6 Å². The minimum absolute atomic E-state index is 0.0391. The van der Waals surface area contributed by atoms with Gasteiger partial charge in [0.25, 0.3) is 5.91 Å². The zero-order valence-corrected chi connectivity index (χ0v) is 21.4. The van der Waals surface area contributed by atoms with Gasteiger partial charge in [0.05, 0.1) is 18.7 Å². The number of hydrogen-bond acceptors (Lipinski definition) is 5. The maximum absolute atomic E-state index is 14.0. The molecule has 2 heterocycles. The number of ketones is 1. The SMILES string of the molecule is COc1cc(Cl)cc2cc(C(=O)C3=C(O)C(=O)N(Cc4ccc(F)cc4)C3c3cccc4ccccc34)oc12. The largest absolute Gasteiger partial charge is 0.503 e. The third kappa shape index (κ3) is 4.21. The van der Waals surface area contributed by atoms with Gasteiger partial charge in [-0.2, -0.15) is 0 Å². The van der Waals surface area contributed by atoms with Crippen molar-refractivity contribution in [2.75, 3.05) is 7.11 Å². The van der Waals surface area contributed by atoms with Gasteiger partial charge >= 0.3 is 0 Å². The average molecular weight is 542 g/mol. The molecule has 6 rings (SSSR count). The Bertz CT molecular complexity index is 1800. The maximum atomic E-state index is 14.0. The topological polar surface area (TPSA) is 80.0 Å². The number of aliphatic hydroxyl groups is 1. The maximum Gasteiger partial charge on any atom is 0.290 e. The summed E-state index contributed by atoms with van der Waals surface area (Å²) in [6, 6.07) is 22.7. The van der Waals surface area contributed by atoms with E-state index in [9.17, 15) is 19.1 Å². The van der Waals surface area contributed by atoms with E-state index in [0.717, 1.165) is 10.8 Å². The van der Waals surface area contributed by atoms with Crippen LogP contribution in [-0.2, 0) is 11.3 Å². The number of hydrogen-bond donors (Lipinski definition) is 1. The summed E-state index contributed by atoms with van der Waals surface area (Å²) in [7, 11) is 1.46. The fourth-order valence-electron chi connectivity index (χ4n) is 5.13. The molecule has 0 fully saturated rings. The number of furan rings is 1. The van der Waals surface area contributed by atoms with Crippen LogP contribution in [0.4, 0.5) is 4.39 Å². The van der Waals surface area contributed by atoms with E-state index in [1.54, 1.807) is 24.3 Å². The number of rotatable bonds is 6. The van der Waals surface area contributed by atoms with E-state index in [4.69, 9.17) is 20.8 Å². The summed E-state index contributed by atoms with van der Waals surface area (Å²) in [4.78, 5) is 28.9. The van der Waals surface area contributed by atoms with Crippen molar-refractivity contribution in [1.82, 2.24) is 4.90 Å². The van der Waals surface area contributed by atoms with Gasteiger partial charge in [-0.3, -0.25) is 9.59 Å². The zero-order chi connectivity index (χ0) is 27.3. The van der Waals surface area contributed by atoms with Crippen LogP contribution in [0.3, 0.4) is 0 Å². The summed E-state index contributed by atoms with van der Waals surface area (Å²) >= 11 is 6.19. The summed E-state index contributed by atoms with van der Waals surface area (Å²) in [5.74, 6) is -2.15. The van der Waals surface area contributed by atoms with Crippen molar-refractivity contribution in [3.05, 3.63) is 124 Å². The number of amides is 1. The number of carbonyl (C=O) groups excluding carboxylic acids is 2. The average Bonchev–Trinajstić information content (AvgIpc) is 3.48. The standard InChI is InChI=1S/C31H21ClFNO5/c1-38-25-15-20(32)13-19-14-24(39-30(19)25)28(35)26-27(23-8-4-6-18-5-2-3-7-22(18)23)34(31(37)29(26)36)16-17-9-11-21(33)12-10-17/h2-15,27,36H,16H2,1H3. The highest BCUT2D eigenvalue weighted by Crippen LogP contribution is 2.43. The van der Waals surface area contributed by atoms with Crippen LogP contribution < -0.4 is 4.74 Å². The van der Waals surface area contributed by atoms with Crippen LogP contribution in [0.25, 0.3) is 21.7 Å². The second-order valence-corrected chi connectivity index (χ2v) is 9.70. The smallest absolute Gasteiger partial charge is 0.290 e. The first kappa shape index (κ1) is 24.7. The van der Waals surface area contributed by atoms with Crippen molar-refractivity contribution >= 4 is 45.0 Å². The molecule has 0 saturated carbocycles. The van der Waals surface area contributed by atoms with Crippen LogP contribution in [0.5, 0.6) is 5.75 Å². The van der Waals surface area contributed by atoms with E-state index in [2.05, 4.69) is 0 Å². The third-order valence-electron chi connectivity index (χ3n) is 6.92. The van der Waals surface area contributed by atoms with Gasteiger partial charge in [-0.1, -0.05) is 66.2 Å². The van der Waals surface area contributed by atoms with E-state index < -0.39 is 29.3 Å². The van der Waals surface area contributed by atoms with Crippen LogP contribution in [0.15, 0.2) is 101 Å². The van der Waals surface area contributed by atoms with Crippen LogP contribution in [0, 0.1) is 5.82 Å². The number of aliphatic hydroxyl groups excluding tert-OH is 1. The number of methoxy groups -OCH3 is 1. The predicted molar refractivity (Wildman–Crippen MR) is 145 cm³/mol. The Morgan fingerprint density at radius 3 is 2.54 bits per heavy atom. The van der Waals surface area contributed by atoms with Crippen LogP contribution in [-0.4, -0.2) is 28.8 Å². The molecule has 0 radical (unpaired) electrons. The Balaban J connectivity index is 1.51. The van der Waals surface area contributed by atoms with E-state index in [1.807, 2.05) is 42.5 Å². The molecule has 0 saturated heterocycles. The first-order valence-corrected chi connectivity index (χ1v) is 12.5. The molecule has 0 spiro atoms. The van der Waals surface area contributed by atoms with Gasteiger partial charge in [0.2, 0.25) is 5.78 Å². The number of ether oxygens (including phenoxy) is 1. The second kappa shape index (κ2) is 9.60. The second-order valence-electron chi connectivity index (χ2n) is 9.26. The molecular formula is C31H21ClFNO5. The molecule has 1 aliphatic heterocycles. The lowest BCUT2D eigenvalue weighted by Crippen LogP contribution is -2.30. The molecule has 0 bridgehead atoms. The molecular weight excluding hydrogens is 521 g/mol. The molecule has 1 aliphatic rings. The molecule has 1 amide bonds. The fourth-order valence-corrected chi connectivity index (χ4v) is 5.35. The zero-order valence-electron chi connectivity index (χ0n) is 20.7. The minimum Gasteiger partial charge on any atom is -0.503 e. The summed E-state index contributed by atoms with van der Waals surface area (Å²) in [5, 5.41) is 13.8. The quantitative estimate of drug-likeness (QED) is 0.231. The van der Waals surface area contributed by atoms with E-state index >= 15 is 0 Å². The number of benzene rings is 4. The Hall–Kier alpha value is -4.62. The van der Waals surface area contributed by atoms with Crippen molar-refractivity contribution in [3.63, 3.8) is 0 Å². The molecule has 39 heavy (non-hydrogen) atoms. The van der Waals surface area contributed by atoms with Crippen molar-refractivity contribution in [1.29, 1.82) is 0 Å². The first-order valence-electron chi connectivity index (χ1n) is 12.1. The first-order chi connectivity index (χ1) is 18.9. The van der Waals surface area contributed by atoms with Crippen molar-refractivity contribution < 1.29 is 28.2 Å². The lowest BCUT2D eigenvalue weighted by Gasteiger charge is -2.28. The fraction of sp³-hybridized carbons (Fsp3) is 0.0968. The van der Waals surface area contributed by atoms with Gasteiger partial charge in [0.15, 0.2) is 22.9 Å². The Labute approximate surface area is 227 Å². The highest BCUT2D eigenvalue weighted by molar-refractivity contribution is 6.31. The number of fused-ring (bicyclic) bond motifs is 2. The molecule has 1 N–H and O–H groups in total. The van der Waals surface area contributed by atoms with Crippen molar-refractivity contribution in [2.24, 2.45) is 0 Å².